The van der Waals surface area contributed by atoms with Gasteiger partial charge in [0.15, 0.2) is 12.2 Å². The molecule has 0 amide bonds. The van der Waals surface area contributed by atoms with E-state index >= 15 is 0 Å². The summed E-state index contributed by atoms with van der Waals surface area (Å²) in [6, 6.07) is 0. The summed E-state index contributed by atoms with van der Waals surface area (Å²) in [6.45, 7) is 14.2. The summed E-state index contributed by atoms with van der Waals surface area (Å²) in [5.41, 5.74) is 0. The first-order valence-corrected chi connectivity index (χ1v) is 42.7. The van der Waals surface area contributed by atoms with Crippen LogP contribution in [-0.2, 0) is 65.4 Å². The van der Waals surface area contributed by atoms with Crippen LogP contribution in [0.4, 0.5) is 0 Å². The van der Waals surface area contributed by atoms with Crippen molar-refractivity contribution in [1.29, 1.82) is 0 Å². The minimum atomic E-state index is -4.96. The Morgan fingerprint density at radius 1 is 0.260 bits per heavy atom. The van der Waals surface area contributed by atoms with Crippen LogP contribution in [0, 0.1) is 23.7 Å². The third-order valence-corrected chi connectivity index (χ3v) is 19.7. The van der Waals surface area contributed by atoms with Crippen LogP contribution in [0.5, 0.6) is 0 Å². The van der Waals surface area contributed by atoms with Crippen molar-refractivity contribution in [3.05, 3.63) is 0 Å². The van der Waals surface area contributed by atoms with Crippen LogP contribution >= 0.6 is 15.6 Å². The van der Waals surface area contributed by atoms with Crippen LogP contribution < -0.4 is 0 Å². The standard InChI is InChI=1S/C77H150O17P2/c1-67(2)53-45-37-29-22-16-12-9-10-14-18-26-34-43-51-59-76(81)93-72(63-87-74(79)57-49-41-33-25-21-20-24-31-39-47-55-69(5)6)65-91-95(83,84)89-61-71(78)62-90-96(85,86)92-66-73(64-88-75(80)58-50-42-36-28-32-40-48-56-70(7)8)94-77(82)60-52-44-35-27-19-15-11-13-17-23-30-38-46-54-68(3)4/h67-73,78H,9-66H2,1-8H3,(H,83,84)(H,85,86)/t71?,72-,73-/m1/s1. The fourth-order valence-electron chi connectivity index (χ4n) is 11.7. The summed E-state index contributed by atoms with van der Waals surface area (Å²) < 4.78 is 68.6. The first-order valence-electron chi connectivity index (χ1n) is 39.7. The Hall–Kier alpha value is -1.94. The number of esters is 4. The van der Waals surface area contributed by atoms with Gasteiger partial charge in [0, 0.05) is 25.7 Å². The molecule has 0 aliphatic carbocycles. The third kappa shape index (κ3) is 70.5. The van der Waals surface area contributed by atoms with E-state index in [2.05, 4.69) is 55.4 Å². The molecule has 3 N–H and O–H groups in total. The van der Waals surface area contributed by atoms with E-state index in [1.165, 1.54) is 186 Å². The average Bonchev–Trinajstić information content (AvgIpc) is 1.41. The molecule has 0 bridgehead atoms. The van der Waals surface area contributed by atoms with E-state index < -0.39 is 97.5 Å². The molecule has 0 spiro atoms. The van der Waals surface area contributed by atoms with Gasteiger partial charge in [-0.1, -0.05) is 338 Å². The number of hydrogen-bond donors (Lipinski definition) is 3. The topological polar surface area (TPSA) is 237 Å². The third-order valence-electron chi connectivity index (χ3n) is 17.8. The predicted molar refractivity (Wildman–Crippen MR) is 391 cm³/mol. The molecule has 96 heavy (non-hydrogen) atoms. The number of carbonyl (C=O) groups excluding carboxylic acids is 4. The lowest BCUT2D eigenvalue weighted by Gasteiger charge is -2.21. The summed E-state index contributed by atoms with van der Waals surface area (Å²) in [4.78, 5) is 72.9. The van der Waals surface area contributed by atoms with Gasteiger partial charge in [0.25, 0.3) is 0 Å². The zero-order valence-electron chi connectivity index (χ0n) is 63.0. The maximum absolute atomic E-state index is 13.1. The maximum Gasteiger partial charge on any atom is 0.472 e. The van der Waals surface area contributed by atoms with Crippen molar-refractivity contribution in [1.82, 2.24) is 0 Å². The van der Waals surface area contributed by atoms with Crippen molar-refractivity contribution in [2.75, 3.05) is 39.6 Å². The molecule has 0 aromatic heterocycles. The molecule has 0 heterocycles. The quantitative estimate of drug-likeness (QED) is 0.0222. The van der Waals surface area contributed by atoms with E-state index in [0.29, 0.717) is 31.6 Å². The smallest absolute Gasteiger partial charge is 0.462 e. The second-order valence-electron chi connectivity index (χ2n) is 29.7. The van der Waals surface area contributed by atoms with Crippen LogP contribution in [0.25, 0.3) is 0 Å². The van der Waals surface area contributed by atoms with Gasteiger partial charge in [0.05, 0.1) is 26.4 Å². The summed E-state index contributed by atoms with van der Waals surface area (Å²) in [5, 5.41) is 10.6. The van der Waals surface area contributed by atoms with Crippen LogP contribution in [0.1, 0.15) is 389 Å². The minimum Gasteiger partial charge on any atom is -0.462 e. The van der Waals surface area contributed by atoms with Crippen LogP contribution in [0.2, 0.25) is 0 Å². The van der Waals surface area contributed by atoms with E-state index in [1.807, 2.05) is 0 Å². The van der Waals surface area contributed by atoms with Gasteiger partial charge in [-0.3, -0.25) is 37.3 Å². The number of unbranched alkanes of at least 4 members (excludes halogenated alkanes) is 40. The van der Waals surface area contributed by atoms with Gasteiger partial charge in [0.2, 0.25) is 0 Å². The lowest BCUT2D eigenvalue weighted by Crippen LogP contribution is -2.30. The van der Waals surface area contributed by atoms with Gasteiger partial charge in [-0.15, -0.1) is 0 Å². The molecule has 3 unspecified atom stereocenters. The van der Waals surface area contributed by atoms with Crippen molar-refractivity contribution < 1.29 is 80.2 Å². The molecule has 0 saturated carbocycles. The fourth-order valence-corrected chi connectivity index (χ4v) is 13.3. The molecule has 19 heteroatoms. The number of aliphatic hydroxyl groups excluding tert-OH is 1. The van der Waals surface area contributed by atoms with E-state index in [0.717, 1.165) is 114 Å². The van der Waals surface area contributed by atoms with Gasteiger partial charge in [0.1, 0.15) is 19.3 Å². The van der Waals surface area contributed by atoms with Crippen molar-refractivity contribution >= 4 is 39.5 Å². The monoisotopic (exact) mass is 1410 g/mol. The molecule has 17 nitrogen and oxygen atoms in total. The highest BCUT2D eigenvalue weighted by Crippen LogP contribution is 2.45. The summed E-state index contributed by atoms with van der Waals surface area (Å²) in [7, 11) is -9.92. The molecule has 0 aliphatic rings. The van der Waals surface area contributed by atoms with E-state index in [-0.39, 0.29) is 25.7 Å². The molecular weight excluding hydrogens is 1260 g/mol. The highest BCUT2D eigenvalue weighted by molar-refractivity contribution is 7.47. The first kappa shape index (κ1) is 94.1. The molecule has 0 aromatic rings. The number of rotatable bonds is 74. The van der Waals surface area contributed by atoms with Gasteiger partial charge < -0.3 is 33.8 Å². The molecule has 0 saturated heterocycles. The molecule has 570 valence electrons. The highest BCUT2D eigenvalue weighted by Gasteiger charge is 2.30. The van der Waals surface area contributed by atoms with Gasteiger partial charge in [-0.05, 0) is 49.4 Å². The largest absolute Gasteiger partial charge is 0.472 e. The van der Waals surface area contributed by atoms with Crippen molar-refractivity contribution in [2.24, 2.45) is 23.7 Å². The second kappa shape index (κ2) is 66.3. The minimum absolute atomic E-state index is 0.106. The van der Waals surface area contributed by atoms with Crippen LogP contribution in [0.15, 0.2) is 0 Å². The Labute approximate surface area is 588 Å². The van der Waals surface area contributed by atoms with E-state index in [4.69, 9.17) is 37.0 Å². The molecule has 5 atom stereocenters. The molecule has 0 radical (unpaired) electrons. The molecule has 0 fully saturated rings. The zero-order valence-corrected chi connectivity index (χ0v) is 64.8. The van der Waals surface area contributed by atoms with Crippen molar-refractivity contribution in [3.63, 3.8) is 0 Å². The van der Waals surface area contributed by atoms with Gasteiger partial charge in [-0.25, -0.2) is 9.13 Å². The number of phosphoric acid groups is 2. The lowest BCUT2D eigenvalue weighted by atomic mass is 10.0. The Kier molecular flexibility index (Phi) is 65.0. The second-order valence-corrected chi connectivity index (χ2v) is 32.6. The highest BCUT2D eigenvalue weighted by atomic mass is 31.2. The summed E-state index contributed by atoms with van der Waals surface area (Å²) in [5.74, 6) is 0.926. The van der Waals surface area contributed by atoms with Crippen molar-refractivity contribution in [3.8, 4) is 0 Å². The number of carbonyl (C=O) groups is 4. The van der Waals surface area contributed by atoms with Crippen LogP contribution in [0.3, 0.4) is 0 Å². The number of phosphoric ester groups is 2. The zero-order chi connectivity index (χ0) is 71.0. The molecule has 0 aromatic carbocycles. The Morgan fingerprint density at radius 3 is 0.646 bits per heavy atom. The van der Waals surface area contributed by atoms with Gasteiger partial charge >= 0.3 is 39.5 Å². The number of hydrogen-bond acceptors (Lipinski definition) is 15. The Morgan fingerprint density at radius 2 is 0.438 bits per heavy atom. The van der Waals surface area contributed by atoms with Crippen molar-refractivity contribution in [2.45, 2.75) is 408 Å². The first-order chi connectivity index (χ1) is 46.1. The average molecular weight is 1410 g/mol. The summed E-state index contributed by atoms with van der Waals surface area (Å²) >= 11 is 0. The van der Waals surface area contributed by atoms with E-state index in [1.54, 1.807) is 0 Å². The number of aliphatic hydroxyl groups is 1. The molecule has 0 rings (SSSR count). The lowest BCUT2D eigenvalue weighted by molar-refractivity contribution is -0.161. The van der Waals surface area contributed by atoms with Crippen LogP contribution in [-0.4, -0.2) is 96.7 Å². The normalized spacial score (nSPS) is 14.1. The molecule has 0 aliphatic heterocycles. The Balaban J connectivity index is 5.25. The van der Waals surface area contributed by atoms with Gasteiger partial charge in [-0.2, -0.15) is 0 Å². The fraction of sp³-hybridized carbons (Fsp3) is 0.948. The SMILES string of the molecule is CC(C)CCCCCCCCCCCCCCCCC(=O)O[C@H](COC(=O)CCCCCCCCCCCCC(C)C)COP(=O)(O)OCC(O)COP(=O)(O)OC[C@@H](COC(=O)CCCCCCCCCC(C)C)OC(=O)CCCCCCCCCCCCCCCC(C)C. The maximum atomic E-state index is 13.1. The summed E-state index contributed by atoms with van der Waals surface area (Å²) in [6.07, 6.45) is 51.4. The molecular formula is C77H150O17P2. The number of ether oxygens (including phenoxy) is 4. The Bertz CT molecular complexity index is 1880. The predicted octanol–water partition coefficient (Wildman–Crippen LogP) is 22.4. The van der Waals surface area contributed by atoms with E-state index in [9.17, 15) is 43.2 Å².